The number of ether oxygens (including phenoxy) is 1. The van der Waals surface area contributed by atoms with Crippen LogP contribution in [0.5, 0.6) is 5.75 Å². The topological polar surface area (TPSA) is 26.3 Å². The van der Waals surface area contributed by atoms with E-state index in [0.717, 1.165) is 29.0 Å². The highest BCUT2D eigenvalue weighted by atomic mass is 35.5. The molecule has 92 valence electrons. The van der Waals surface area contributed by atoms with Crippen molar-refractivity contribution in [2.24, 2.45) is 0 Å². The van der Waals surface area contributed by atoms with Crippen LogP contribution in [0.2, 0.25) is 5.02 Å². The van der Waals surface area contributed by atoms with Crippen molar-refractivity contribution in [3.63, 3.8) is 0 Å². The Morgan fingerprint density at radius 2 is 1.89 bits per heavy atom. The van der Waals surface area contributed by atoms with Crippen molar-refractivity contribution >= 4 is 17.9 Å². The SMILES string of the molecule is O=Cc1ccc(OCCc2cccc(Cl)c2)cc1. The summed E-state index contributed by atoms with van der Waals surface area (Å²) in [5.74, 6) is 0.766. The van der Waals surface area contributed by atoms with Crippen LogP contribution in [0.15, 0.2) is 48.5 Å². The average molecular weight is 261 g/mol. The third-order valence-corrected chi connectivity index (χ3v) is 2.80. The number of hydrogen-bond acceptors (Lipinski definition) is 2. The highest BCUT2D eigenvalue weighted by Crippen LogP contribution is 2.13. The molecule has 0 saturated carbocycles. The third-order valence-electron chi connectivity index (χ3n) is 2.56. The molecule has 0 aliphatic carbocycles. The van der Waals surface area contributed by atoms with Crippen LogP contribution in [0.3, 0.4) is 0 Å². The lowest BCUT2D eigenvalue weighted by Gasteiger charge is -2.06. The Labute approximate surface area is 111 Å². The van der Waals surface area contributed by atoms with Gasteiger partial charge in [0.05, 0.1) is 6.61 Å². The minimum absolute atomic E-state index is 0.584. The van der Waals surface area contributed by atoms with Crippen molar-refractivity contribution in [1.82, 2.24) is 0 Å². The quantitative estimate of drug-likeness (QED) is 0.765. The Morgan fingerprint density at radius 3 is 2.56 bits per heavy atom. The monoisotopic (exact) mass is 260 g/mol. The van der Waals surface area contributed by atoms with Gasteiger partial charge in [-0.25, -0.2) is 0 Å². The van der Waals surface area contributed by atoms with Crippen LogP contribution in [0.25, 0.3) is 0 Å². The van der Waals surface area contributed by atoms with Crippen LogP contribution in [0.1, 0.15) is 15.9 Å². The molecule has 0 aliphatic heterocycles. The van der Waals surface area contributed by atoms with Crippen molar-refractivity contribution in [2.45, 2.75) is 6.42 Å². The highest BCUT2D eigenvalue weighted by Gasteiger charge is 1.97. The molecule has 0 heterocycles. The maximum atomic E-state index is 10.5. The Kier molecular flexibility index (Phi) is 4.37. The molecule has 0 saturated heterocycles. The zero-order valence-electron chi connectivity index (χ0n) is 9.80. The zero-order valence-corrected chi connectivity index (χ0v) is 10.6. The molecule has 2 rings (SSSR count). The van der Waals surface area contributed by atoms with Crippen LogP contribution in [0.4, 0.5) is 0 Å². The highest BCUT2D eigenvalue weighted by molar-refractivity contribution is 6.30. The van der Waals surface area contributed by atoms with Gasteiger partial charge in [0, 0.05) is 17.0 Å². The molecule has 0 unspecified atom stereocenters. The number of benzene rings is 2. The van der Waals surface area contributed by atoms with Crippen LogP contribution in [-0.4, -0.2) is 12.9 Å². The second kappa shape index (κ2) is 6.22. The number of carbonyl (C=O) groups is 1. The average Bonchev–Trinajstić information content (AvgIpc) is 2.40. The van der Waals surface area contributed by atoms with Crippen LogP contribution < -0.4 is 4.74 Å². The van der Waals surface area contributed by atoms with E-state index in [1.807, 2.05) is 24.3 Å². The van der Waals surface area contributed by atoms with Gasteiger partial charge in [0.1, 0.15) is 12.0 Å². The number of rotatable bonds is 5. The summed E-state index contributed by atoms with van der Waals surface area (Å²) in [6, 6.07) is 14.8. The first kappa shape index (κ1) is 12.7. The fourth-order valence-electron chi connectivity index (χ4n) is 1.62. The molecule has 0 N–H and O–H groups in total. The van der Waals surface area contributed by atoms with Crippen LogP contribution in [0, 0.1) is 0 Å². The van der Waals surface area contributed by atoms with Crippen LogP contribution >= 0.6 is 11.6 Å². The summed E-state index contributed by atoms with van der Waals surface area (Å²) in [7, 11) is 0. The van der Waals surface area contributed by atoms with E-state index in [1.54, 1.807) is 24.3 Å². The van der Waals surface area contributed by atoms with E-state index in [4.69, 9.17) is 16.3 Å². The predicted molar refractivity (Wildman–Crippen MR) is 72.5 cm³/mol. The number of hydrogen-bond donors (Lipinski definition) is 0. The first-order chi connectivity index (χ1) is 8.78. The minimum atomic E-state index is 0.584. The smallest absolute Gasteiger partial charge is 0.150 e. The fourth-order valence-corrected chi connectivity index (χ4v) is 1.83. The summed E-state index contributed by atoms with van der Waals surface area (Å²) in [4.78, 5) is 10.5. The van der Waals surface area contributed by atoms with Gasteiger partial charge in [0.25, 0.3) is 0 Å². The molecule has 0 aromatic heterocycles. The largest absolute Gasteiger partial charge is 0.493 e. The van der Waals surface area contributed by atoms with E-state index < -0.39 is 0 Å². The molecular weight excluding hydrogens is 248 g/mol. The maximum absolute atomic E-state index is 10.5. The third kappa shape index (κ3) is 3.60. The summed E-state index contributed by atoms with van der Waals surface area (Å²) >= 11 is 5.90. The number of aldehydes is 1. The Bertz CT molecular complexity index is 520. The van der Waals surface area contributed by atoms with Gasteiger partial charge in [0.2, 0.25) is 0 Å². The van der Waals surface area contributed by atoms with Crippen LogP contribution in [-0.2, 0) is 6.42 Å². The Balaban J connectivity index is 1.86. The molecule has 2 nitrogen and oxygen atoms in total. The molecule has 0 amide bonds. The van der Waals surface area contributed by atoms with Crippen molar-refractivity contribution in [3.8, 4) is 5.75 Å². The lowest BCUT2D eigenvalue weighted by molar-refractivity contribution is 0.112. The van der Waals surface area contributed by atoms with Crippen molar-refractivity contribution in [3.05, 3.63) is 64.7 Å². The van der Waals surface area contributed by atoms with Crippen molar-refractivity contribution in [1.29, 1.82) is 0 Å². The predicted octanol–water partition coefficient (Wildman–Crippen LogP) is 3.77. The fraction of sp³-hybridized carbons (Fsp3) is 0.133. The number of carbonyl (C=O) groups excluding carboxylic acids is 1. The van der Waals surface area contributed by atoms with E-state index in [2.05, 4.69) is 0 Å². The lowest BCUT2D eigenvalue weighted by atomic mass is 10.2. The molecule has 2 aromatic rings. The Hall–Kier alpha value is -1.80. The molecule has 0 aliphatic rings. The number of halogens is 1. The van der Waals surface area contributed by atoms with Gasteiger partial charge in [-0.15, -0.1) is 0 Å². The normalized spacial score (nSPS) is 10.1. The van der Waals surface area contributed by atoms with Gasteiger partial charge in [-0.2, -0.15) is 0 Å². The molecule has 0 atom stereocenters. The van der Waals surface area contributed by atoms with E-state index >= 15 is 0 Å². The van der Waals surface area contributed by atoms with Crippen molar-refractivity contribution in [2.75, 3.05) is 6.61 Å². The first-order valence-electron chi connectivity index (χ1n) is 5.70. The summed E-state index contributed by atoms with van der Waals surface area (Å²) in [6.45, 7) is 0.584. The minimum Gasteiger partial charge on any atom is -0.493 e. The molecular formula is C15H13ClO2. The first-order valence-corrected chi connectivity index (χ1v) is 6.08. The summed E-state index contributed by atoms with van der Waals surface area (Å²) in [5.41, 5.74) is 1.80. The maximum Gasteiger partial charge on any atom is 0.150 e. The van der Waals surface area contributed by atoms with Gasteiger partial charge in [0.15, 0.2) is 0 Å². The molecule has 18 heavy (non-hydrogen) atoms. The van der Waals surface area contributed by atoms with Gasteiger partial charge >= 0.3 is 0 Å². The van der Waals surface area contributed by atoms with Gasteiger partial charge < -0.3 is 4.74 Å². The van der Waals surface area contributed by atoms with Crippen molar-refractivity contribution < 1.29 is 9.53 Å². The van der Waals surface area contributed by atoms with E-state index in [-0.39, 0.29) is 0 Å². The zero-order chi connectivity index (χ0) is 12.8. The van der Waals surface area contributed by atoms with Gasteiger partial charge in [-0.3, -0.25) is 4.79 Å². The summed E-state index contributed by atoms with van der Waals surface area (Å²) < 4.78 is 5.59. The molecule has 0 fully saturated rings. The summed E-state index contributed by atoms with van der Waals surface area (Å²) in [6.07, 6.45) is 1.62. The molecule has 0 radical (unpaired) electrons. The van der Waals surface area contributed by atoms with Gasteiger partial charge in [-0.1, -0.05) is 23.7 Å². The lowest BCUT2D eigenvalue weighted by Crippen LogP contribution is -2.01. The Morgan fingerprint density at radius 1 is 1.11 bits per heavy atom. The second-order valence-corrected chi connectivity index (χ2v) is 4.35. The van der Waals surface area contributed by atoms with Gasteiger partial charge in [-0.05, 0) is 42.0 Å². The molecule has 0 spiro atoms. The van der Waals surface area contributed by atoms with E-state index in [0.29, 0.717) is 12.2 Å². The van der Waals surface area contributed by atoms with E-state index in [1.165, 1.54) is 0 Å². The molecule has 2 aromatic carbocycles. The molecule has 0 bridgehead atoms. The standard InChI is InChI=1S/C15H13ClO2/c16-14-3-1-2-12(10-14)8-9-18-15-6-4-13(11-17)5-7-15/h1-7,10-11H,8-9H2. The van der Waals surface area contributed by atoms with E-state index in [9.17, 15) is 4.79 Å². The second-order valence-electron chi connectivity index (χ2n) is 3.92. The summed E-state index contributed by atoms with van der Waals surface area (Å²) in [5, 5.41) is 0.739. The molecule has 3 heteroatoms.